The minimum absolute atomic E-state index is 0.737. The second kappa shape index (κ2) is 3.59. The van der Waals surface area contributed by atoms with Crippen molar-refractivity contribution in [3.63, 3.8) is 0 Å². The van der Waals surface area contributed by atoms with Crippen LogP contribution in [0.15, 0.2) is 42.6 Å². The van der Waals surface area contributed by atoms with Gasteiger partial charge in [-0.1, -0.05) is 12.1 Å². The number of pyridine rings is 1. The van der Waals surface area contributed by atoms with Crippen LogP contribution in [0.2, 0.25) is 0 Å². The fraction of sp³-hybridized carbons (Fsp3) is 0.0769. The molecule has 0 spiro atoms. The maximum atomic E-state index is 5.90. The van der Waals surface area contributed by atoms with Crippen molar-refractivity contribution in [3.05, 3.63) is 48.3 Å². The maximum Gasteiger partial charge on any atom is 0.154 e. The van der Waals surface area contributed by atoms with Gasteiger partial charge in [-0.3, -0.25) is 0 Å². The molecule has 0 aliphatic rings. The number of nitrogens with zero attached hydrogens (tertiary/aromatic N) is 3. The Morgan fingerprint density at radius 3 is 2.76 bits per heavy atom. The molecular formula is C13H12N4. The number of aromatic nitrogens is 3. The summed E-state index contributed by atoms with van der Waals surface area (Å²) >= 11 is 0. The molecule has 0 saturated carbocycles. The third-order valence-corrected chi connectivity index (χ3v) is 2.74. The second-order valence-corrected chi connectivity index (χ2v) is 3.97. The van der Waals surface area contributed by atoms with Crippen LogP contribution in [0.4, 0.5) is 5.69 Å². The summed E-state index contributed by atoms with van der Waals surface area (Å²) < 4.78 is 1.80. The minimum atomic E-state index is 0.737. The molecule has 0 unspecified atom stereocenters. The summed E-state index contributed by atoms with van der Waals surface area (Å²) in [6.07, 6.45) is 1.77. The number of hydrogen-bond donors (Lipinski definition) is 1. The van der Waals surface area contributed by atoms with Gasteiger partial charge in [-0.15, -0.1) is 0 Å². The van der Waals surface area contributed by atoms with Crippen LogP contribution < -0.4 is 5.73 Å². The molecule has 2 heterocycles. The van der Waals surface area contributed by atoms with Crippen molar-refractivity contribution < 1.29 is 0 Å². The molecule has 0 amide bonds. The quantitative estimate of drug-likeness (QED) is 0.645. The van der Waals surface area contributed by atoms with E-state index in [1.54, 1.807) is 10.9 Å². The fourth-order valence-corrected chi connectivity index (χ4v) is 1.90. The highest BCUT2D eigenvalue weighted by Crippen LogP contribution is 2.22. The fourth-order valence-electron chi connectivity index (χ4n) is 1.90. The van der Waals surface area contributed by atoms with Crippen LogP contribution in [0.5, 0.6) is 0 Å². The zero-order valence-corrected chi connectivity index (χ0v) is 9.46. The normalized spacial score (nSPS) is 10.9. The summed E-state index contributed by atoms with van der Waals surface area (Å²) in [6, 6.07) is 11.6. The van der Waals surface area contributed by atoms with Gasteiger partial charge in [0.15, 0.2) is 5.82 Å². The number of anilines is 1. The van der Waals surface area contributed by atoms with Crippen molar-refractivity contribution in [2.24, 2.45) is 0 Å². The number of benzene rings is 1. The summed E-state index contributed by atoms with van der Waals surface area (Å²) in [7, 11) is 0. The van der Waals surface area contributed by atoms with E-state index in [0.717, 1.165) is 28.1 Å². The van der Waals surface area contributed by atoms with E-state index < -0.39 is 0 Å². The van der Waals surface area contributed by atoms with Crippen LogP contribution >= 0.6 is 0 Å². The molecule has 0 aliphatic carbocycles. The Hall–Kier alpha value is -2.36. The van der Waals surface area contributed by atoms with E-state index in [1.165, 1.54) is 0 Å². The predicted octanol–water partition coefficient (Wildman–Crippen LogP) is 2.31. The summed E-state index contributed by atoms with van der Waals surface area (Å²) in [6.45, 7) is 1.96. The third kappa shape index (κ3) is 1.54. The Morgan fingerprint density at radius 2 is 1.94 bits per heavy atom. The summed E-state index contributed by atoms with van der Waals surface area (Å²) in [5.74, 6) is 0.811. The molecule has 3 rings (SSSR count). The van der Waals surface area contributed by atoms with Crippen LogP contribution in [0.3, 0.4) is 0 Å². The third-order valence-electron chi connectivity index (χ3n) is 2.74. The van der Waals surface area contributed by atoms with E-state index >= 15 is 0 Å². The largest absolute Gasteiger partial charge is 0.398 e. The number of hydrogen-bond acceptors (Lipinski definition) is 3. The molecule has 4 nitrogen and oxygen atoms in total. The van der Waals surface area contributed by atoms with Gasteiger partial charge in [0.25, 0.3) is 0 Å². The molecule has 1 aromatic carbocycles. The van der Waals surface area contributed by atoms with Crippen LogP contribution in [-0.4, -0.2) is 14.8 Å². The smallest absolute Gasteiger partial charge is 0.154 e. The van der Waals surface area contributed by atoms with E-state index in [9.17, 15) is 0 Å². The Morgan fingerprint density at radius 1 is 1.12 bits per heavy atom. The summed E-state index contributed by atoms with van der Waals surface area (Å²) in [5, 5.41) is 5.30. The molecule has 2 aromatic heterocycles. The molecule has 3 aromatic rings. The van der Waals surface area contributed by atoms with Crippen LogP contribution in [0.25, 0.3) is 16.7 Å². The number of aryl methyl sites for hydroxylation is 1. The SMILES string of the molecule is Cc1cccc(-n2ncc3c(N)cccc32)n1. The lowest BCUT2D eigenvalue weighted by Gasteiger charge is -2.03. The lowest BCUT2D eigenvalue weighted by Crippen LogP contribution is -1.99. The minimum Gasteiger partial charge on any atom is -0.398 e. The standard InChI is InChI=1S/C13H12N4/c1-9-4-2-7-13(16-9)17-12-6-3-5-11(14)10(12)8-15-17/h2-8H,14H2,1H3. The first-order valence-electron chi connectivity index (χ1n) is 5.42. The van der Waals surface area contributed by atoms with Gasteiger partial charge in [-0.2, -0.15) is 5.10 Å². The van der Waals surface area contributed by atoms with E-state index in [1.807, 2.05) is 43.3 Å². The van der Waals surface area contributed by atoms with Gasteiger partial charge in [-0.25, -0.2) is 9.67 Å². The van der Waals surface area contributed by atoms with Gasteiger partial charge >= 0.3 is 0 Å². The molecule has 17 heavy (non-hydrogen) atoms. The molecule has 2 N–H and O–H groups in total. The van der Waals surface area contributed by atoms with Gasteiger partial charge in [0.2, 0.25) is 0 Å². The van der Waals surface area contributed by atoms with E-state index in [2.05, 4.69) is 10.1 Å². The van der Waals surface area contributed by atoms with Crippen molar-refractivity contribution in [1.82, 2.24) is 14.8 Å². The first-order chi connectivity index (χ1) is 8.25. The Kier molecular flexibility index (Phi) is 2.08. The zero-order valence-electron chi connectivity index (χ0n) is 9.46. The van der Waals surface area contributed by atoms with Crippen molar-refractivity contribution in [2.45, 2.75) is 6.92 Å². The zero-order chi connectivity index (χ0) is 11.8. The predicted molar refractivity (Wildman–Crippen MR) is 68.0 cm³/mol. The molecule has 84 valence electrons. The van der Waals surface area contributed by atoms with Crippen LogP contribution in [0.1, 0.15) is 5.69 Å². The summed E-state index contributed by atoms with van der Waals surface area (Å²) in [5.41, 5.74) is 8.58. The first kappa shape index (κ1) is 9.84. The van der Waals surface area contributed by atoms with E-state index in [0.29, 0.717) is 0 Å². The molecule has 4 heteroatoms. The van der Waals surface area contributed by atoms with E-state index in [4.69, 9.17) is 5.73 Å². The molecular weight excluding hydrogens is 212 g/mol. The van der Waals surface area contributed by atoms with Gasteiger partial charge in [0.05, 0.1) is 11.7 Å². The maximum absolute atomic E-state index is 5.90. The van der Waals surface area contributed by atoms with Crippen molar-refractivity contribution >= 4 is 16.6 Å². The average molecular weight is 224 g/mol. The van der Waals surface area contributed by atoms with Crippen molar-refractivity contribution in [1.29, 1.82) is 0 Å². The molecule has 0 fully saturated rings. The van der Waals surface area contributed by atoms with Gasteiger partial charge < -0.3 is 5.73 Å². The van der Waals surface area contributed by atoms with E-state index in [-0.39, 0.29) is 0 Å². The lowest BCUT2D eigenvalue weighted by atomic mass is 10.2. The van der Waals surface area contributed by atoms with Crippen LogP contribution in [-0.2, 0) is 0 Å². The monoisotopic (exact) mass is 224 g/mol. The average Bonchev–Trinajstić information content (AvgIpc) is 2.74. The second-order valence-electron chi connectivity index (χ2n) is 3.97. The van der Waals surface area contributed by atoms with Crippen molar-refractivity contribution in [2.75, 3.05) is 5.73 Å². The number of fused-ring (bicyclic) bond motifs is 1. The highest BCUT2D eigenvalue weighted by molar-refractivity contribution is 5.90. The molecule has 0 aliphatic heterocycles. The number of nitrogen functional groups attached to an aromatic ring is 1. The lowest BCUT2D eigenvalue weighted by molar-refractivity contribution is 0.867. The Bertz CT molecular complexity index is 685. The van der Waals surface area contributed by atoms with Gasteiger partial charge in [0, 0.05) is 16.8 Å². The number of nitrogens with two attached hydrogens (primary N) is 1. The van der Waals surface area contributed by atoms with Gasteiger partial charge in [0.1, 0.15) is 0 Å². The molecule has 0 radical (unpaired) electrons. The summed E-state index contributed by atoms with van der Waals surface area (Å²) in [4.78, 5) is 4.46. The molecule has 0 atom stereocenters. The Balaban J connectivity index is 2.28. The first-order valence-corrected chi connectivity index (χ1v) is 5.42. The number of rotatable bonds is 1. The highest BCUT2D eigenvalue weighted by Gasteiger charge is 2.07. The molecule has 0 bridgehead atoms. The van der Waals surface area contributed by atoms with Crippen LogP contribution in [0, 0.1) is 6.92 Å². The van der Waals surface area contributed by atoms with Gasteiger partial charge in [-0.05, 0) is 31.2 Å². The topological polar surface area (TPSA) is 56.7 Å². The highest BCUT2D eigenvalue weighted by atomic mass is 15.3. The van der Waals surface area contributed by atoms with Crippen molar-refractivity contribution in [3.8, 4) is 5.82 Å². The molecule has 0 saturated heterocycles. The Labute approximate surface area is 98.7 Å².